The Morgan fingerprint density at radius 1 is 1.45 bits per heavy atom. The summed E-state index contributed by atoms with van der Waals surface area (Å²) in [5, 5.41) is 4.05. The summed E-state index contributed by atoms with van der Waals surface area (Å²) < 4.78 is 10.1. The summed E-state index contributed by atoms with van der Waals surface area (Å²) in [5.74, 6) is 0.933. The van der Waals surface area contributed by atoms with E-state index in [9.17, 15) is 4.79 Å². The van der Waals surface area contributed by atoms with Gasteiger partial charge in [0, 0.05) is 16.5 Å². The van der Waals surface area contributed by atoms with E-state index in [1.54, 1.807) is 7.11 Å². The smallest absolute Gasteiger partial charge is 0.180 e. The molecular weight excluding hydrogens is 340 g/mol. The predicted molar refractivity (Wildman–Crippen MR) is 82.7 cm³/mol. The molecule has 0 aliphatic heterocycles. The minimum absolute atomic E-state index is 0.0279. The van der Waals surface area contributed by atoms with E-state index in [-0.39, 0.29) is 18.1 Å². The molecule has 20 heavy (non-hydrogen) atoms. The number of carbonyl (C=O) groups excluding carboxylic acids is 1. The molecular formula is C14H15BrN2O2S. The molecule has 0 saturated carbocycles. The minimum atomic E-state index is 0.0279. The lowest BCUT2D eigenvalue weighted by Crippen LogP contribution is -2.07. The van der Waals surface area contributed by atoms with Gasteiger partial charge in [-0.2, -0.15) is 0 Å². The van der Waals surface area contributed by atoms with Gasteiger partial charge in [0.05, 0.1) is 12.8 Å². The zero-order valence-corrected chi connectivity index (χ0v) is 13.9. The Hall–Kier alpha value is -1.27. The maximum absolute atomic E-state index is 12.4. The third-order valence-electron chi connectivity index (χ3n) is 2.91. The maximum Gasteiger partial charge on any atom is 0.180 e. The number of hydrogen-bond acceptors (Lipinski definition) is 5. The first-order valence-corrected chi connectivity index (χ1v) is 7.77. The Balaban J connectivity index is 2.28. The molecule has 4 nitrogen and oxygen atoms in total. The van der Waals surface area contributed by atoms with Crippen LogP contribution in [-0.4, -0.2) is 22.5 Å². The van der Waals surface area contributed by atoms with Gasteiger partial charge in [0.1, 0.15) is 10.6 Å². The number of rotatable bonds is 5. The fraction of sp³-hybridized carbons (Fsp3) is 0.357. The minimum Gasteiger partial charge on any atom is -0.496 e. The molecule has 0 aliphatic rings. The monoisotopic (exact) mass is 354 g/mol. The molecule has 1 aromatic heterocycles. The van der Waals surface area contributed by atoms with Crippen LogP contribution in [0.2, 0.25) is 0 Å². The number of Topliss-reactive ketones (excluding diaryl/α,β-unsaturated/α-hetero) is 1. The van der Waals surface area contributed by atoms with Crippen LogP contribution in [0.5, 0.6) is 5.75 Å². The van der Waals surface area contributed by atoms with Gasteiger partial charge in [-0.1, -0.05) is 34.3 Å². The van der Waals surface area contributed by atoms with Gasteiger partial charge in [0.25, 0.3) is 0 Å². The summed E-state index contributed by atoms with van der Waals surface area (Å²) in [5.41, 5.74) is 1.63. The third kappa shape index (κ3) is 3.24. The van der Waals surface area contributed by atoms with Crippen molar-refractivity contribution >= 4 is 33.2 Å². The third-order valence-corrected chi connectivity index (χ3v) is 4.18. The van der Waals surface area contributed by atoms with Gasteiger partial charge in [-0.15, -0.1) is 5.10 Å². The van der Waals surface area contributed by atoms with Crippen molar-refractivity contribution in [2.24, 2.45) is 0 Å². The topological polar surface area (TPSA) is 52.1 Å². The highest BCUT2D eigenvalue weighted by molar-refractivity contribution is 9.10. The average molecular weight is 355 g/mol. The van der Waals surface area contributed by atoms with Crippen molar-refractivity contribution in [3.05, 3.63) is 38.8 Å². The molecule has 0 spiro atoms. The summed E-state index contributed by atoms with van der Waals surface area (Å²) in [6.07, 6.45) is 0.284. The lowest BCUT2D eigenvalue weighted by Gasteiger charge is -2.08. The van der Waals surface area contributed by atoms with E-state index in [1.165, 1.54) is 0 Å². The molecule has 6 heteroatoms. The van der Waals surface area contributed by atoms with Crippen molar-refractivity contribution in [3.63, 3.8) is 0 Å². The van der Waals surface area contributed by atoms with Crippen LogP contribution in [0.1, 0.15) is 40.7 Å². The second-order valence-electron chi connectivity index (χ2n) is 4.70. The largest absolute Gasteiger partial charge is 0.496 e. The van der Waals surface area contributed by atoms with E-state index >= 15 is 0 Å². The molecule has 0 fully saturated rings. The predicted octanol–water partition coefficient (Wildman–Crippen LogP) is 3.86. The fourth-order valence-electron chi connectivity index (χ4n) is 1.91. The highest BCUT2D eigenvalue weighted by Crippen LogP contribution is 2.26. The number of aromatic nitrogens is 2. The van der Waals surface area contributed by atoms with Crippen molar-refractivity contribution in [2.75, 3.05) is 7.11 Å². The SMILES string of the molecule is COc1ccc(Br)cc1CC(=O)c1snnc1C(C)C. The second kappa shape index (κ2) is 6.45. The molecule has 0 atom stereocenters. The van der Waals surface area contributed by atoms with Crippen molar-refractivity contribution < 1.29 is 9.53 Å². The van der Waals surface area contributed by atoms with Crippen molar-refractivity contribution in [2.45, 2.75) is 26.2 Å². The summed E-state index contributed by atoms with van der Waals surface area (Å²) in [7, 11) is 1.60. The number of carbonyl (C=O) groups is 1. The lowest BCUT2D eigenvalue weighted by molar-refractivity contribution is 0.0994. The number of ether oxygens (including phenoxy) is 1. The van der Waals surface area contributed by atoms with Gasteiger partial charge in [0.15, 0.2) is 5.78 Å². The van der Waals surface area contributed by atoms with Crippen LogP contribution in [-0.2, 0) is 6.42 Å². The van der Waals surface area contributed by atoms with E-state index in [0.29, 0.717) is 10.6 Å². The first-order chi connectivity index (χ1) is 9.52. The van der Waals surface area contributed by atoms with Crippen molar-refractivity contribution in [3.8, 4) is 5.75 Å². The zero-order valence-electron chi connectivity index (χ0n) is 11.5. The number of methoxy groups -OCH3 is 1. The molecule has 2 rings (SSSR count). The highest BCUT2D eigenvalue weighted by atomic mass is 79.9. The van der Waals surface area contributed by atoms with Gasteiger partial charge in [-0.25, -0.2) is 0 Å². The molecule has 0 saturated heterocycles. The Kier molecular flexibility index (Phi) is 4.88. The Bertz CT molecular complexity index is 625. The number of halogens is 1. The van der Waals surface area contributed by atoms with Gasteiger partial charge in [0.2, 0.25) is 0 Å². The van der Waals surface area contributed by atoms with E-state index in [1.807, 2.05) is 32.0 Å². The summed E-state index contributed by atoms with van der Waals surface area (Å²) in [6.45, 7) is 4.01. The summed E-state index contributed by atoms with van der Waals surface area (Å²) in [4.78, 5) is 13.1. The molecule has 0 unspecified atom stereocenters. The molecule has 0 N–H and O–H groups in total. The zero-order chi connectivity index (χ0) is 14.7. The average Bonchev–Trinajstić information content (AvgIpc) is 2.88. The maximum atomic E-state index is 12.4. The summed E-state index contributed by atoms with van der Waals surface area (Å²) in [6, 6.07) is 5.64. The molecule has 1 aromatic carbocycles. The number of benzene rings is 1. The molecule has 0 radical (unpaired) electrons. The number of hydrogen-bond donors (Lipinski definition) is 0. The summed E-state index contributed by atoms with van der Waals surface area (Å²) >= 11 is 4.57. The Morgan fingerprint density at radius 2 is 2.20 bits per heavy atom. The van der Waals surface area contributed by atoms with E-state index in [4.69, 9.17) is 4.74 Å². The van der Waals surface area contributed by atoms with Crippen LogP contribution in [0.25, 0.3) is 0 Å². The van der Waals surface area contributed by atoms with Crippen LogP contribution >= 0.6 is 27.5 Å². The first-order valence-electron chi connectivity index (χ1n) is 6.20. The quantitative estimate of drug-likeness (QED) is 0.765. The Labute approximate surface area is 130 Å². The van der Waals surface area contributed by atoms with Crippen LogP contribution in [0.3, 0.4) is 0 Å². The van der Waals surface area contributed by atoms with E-state index in [0.717, 1.165) is 27.3 Å². The molecule has 0 aliphatic carbocycles. The normalized spacial score (nSPS) is 10.8. The van der Waals surface area contributed by atoms with E-state index < -0.39 is 0 Å². The standard InChI is InChI=1S/C14H15BrN2O2S/c1-8(2)13-14(20-17-16-13)11(18)7-9-6-10(15)4-5-12(9)19-3/h4-6,8H,7H2,1-3H3. The second-order valence-corrected chi connectivity index (χ2v) is 6.37. The highest BCUT2D eigenvalue weighted by Gasteiger charge is 2.20. The fourth-order valence-corrected chi connectivity index (χ4v) is 3.07. The van der Waals surface area contributed by atoms with Gasteiger partial charge in [-0.3, -0.25) is 4.79 Å². The molecule has 106 valence electrons. The number of nitrogens with zero attached hydrogens (tertiary/aromatic N) is 2. The molecule has 0 bridgehead atoms. The lowest BCUT2D eigenvalue weighted by atomic mass is 10.0. The van der Waals surface area contributed by atoms with Gasteiger partial charge in [-0.05, 0) is 35.6 Å². The van der Waals surface area contributed by atoms with Crippen LogP contribution in [0.15, 0.2) is 22.7 Å². The molecule has 0 amide bonds. The number of ketones is 1. The first kappa shape index (κ1) is 15.1. The van der Waals surface area contributed by atoms with Crippen LogP contribution < -0.4 is 4.74 Å². The van der Waals surface area contributed by atoms with E-state index in [2.05, 4.69) is 25.5 Å². The van der Waals surface area contributed by atoms with Gasteiger partial charge < -0.3 is 4.74 Å². The van der Waals surface area contributed by atoms with Crippen molar-refractivity contribution in [1.29, 1.82) is 0 Å². The Morgan fingerprint density at radius 3 is 2.85 bits per heavy atom. The molecule has 1 heterocycles. The van der Waals surface area contributed by atoms with Crippen LogP contribution in [0.4, 0.5) is 0 Å². The van der Waals surface area contributed by atoms with Crippen molar-refractivity contribution in [1.82, 2.24) is 9.59 Å². The van der Waals surface area contributed by atoms with Crippen LogP contribution in [0, 0.1) is 0 Å². The van der Waals surface area contributed by atoms with Gasteiger partial charge >= 0.3 is 0 Å². The molecule has 2 aromatic rings.